The van der Waals surface area contributed by atoms with Gasteiger partial charge in [0.25, 0.3) is 0 Å². The Bertz CT molecular complexity index is 637. The summed E-state index contributed by atoms with van der Waals surface area (Å²) in [5, 5.41) is 4.80. The van der Waals surface area contributed by atoms with Crippen molar-refractivity contribution in [1.82, 2.24) is 4.98 Å². The third-order valence-electron chi connectivity index (χ3n) is 2.80. The van der Waals surface area contributed by atoms with E-state index in [0.717, 1.165) is 22.2 Å². The van der Waals surface area contributed by atoms with E-state index in [0.29, 0.717) is 11.4 Å². The van der Waals surface area contributed by atoms with Crippen LogP contribution in [0.15, 0.2) is 47.2 Å². The largest absolute Gasteiger partial charge is 0.402 e. The number of hydrogen-bond donors (Lipinski definition) is 2. The van der Waals surface area contributed by atoms with E-state index < -0.39 is 0 Å². The van der Waals surface area contributed by atoms with Gasteiger partial charge in [0.1, 0.15) is 0 Å². The topological polar surface area (TPSA) is 77.3 Å². The molecule has 0 fully saturated rings. The van der Waals surface area contributed by atoms with Crippen LogP contribution >= 0.6 is 0 Å². The Morgan fingerprint density at radius 1 is 1.11 bits per heavy atom. The summed E-state index contributed by atoms with van der Waals surface area (Å²) in [6, 6.07) is 11.9. The maximum Gasteiger partial charge on any atom is 0.0745 e. The van der Waals surface area contributed by atoms with Gasteiger partial charge in [0, 0.05) is 16.7 Å². The molecular formula is C14H16N4. The van der Waals surface area contributed by atoms with Crippen molar-refractivity contribution in [3.8, 4) is 0 Å². The second-order valence-corrected chi connectivity index (χ2v) is 4.16. The number of para-hydroxylation sites is 1. The van der Waals surface area contributed by atoms with Crippen LogP contribution in [0.3, 0.4) is 0 Å². The molecule has 0 radical (unpaired) electrons. The summed E-state index contributed by atoms with van der Waals surface area (Å²) in [5.74, 6) is 5.33. The van der Waals surface area contributed by atoms with Crippen LogP contribution in [0.1, 0.15) is 19.5 Å². The second kappa shape index (κ2) is 4.87. The summed E-state index contributed by atoms with van der Waals surface area (Å²) in [6.07, 6.45) is 0. The number of rotatable bonds is 2. The number of fused-ring (bicyclic) bond motifs is 1. The summed E-state index contributed by atoms with van der Waals surface area (Å²) in [7, 11) is 0. The average Bonchev–Trinajstić information content (AvgIpc) is 2.38. The smallest absolute Gasteiger partial charge is 0.0745 e. The van der Waals surface area contributed by atoms with Gasteiger partial charge in [-0.15, -0.1) is 0 Å². The molecule has 0 spiro atoms. The lowest BCUT2D eigenvalue weighted by molar-refractivity contribution is 1.22. The molecule has 1 aromatic heterocycles. The predicted octanol–water partition coefficient (Wildman–Crippen LogP) is 2.26. The first-order chi connectivity index (χ1) is 8.63. The average molecular weight is 240 g/mol. The molecule has 1 heterocycles. The fraction of sp³-hybridized carbons (Fsp3) is 0.143. The second-order valence-electron chi connectivity index (χ2n) is 4.16. The summed E-state index contributed by atoms with van der Waals surface area (Å²) in [5.41, 5.74) is 9.74. The third-order valence-corrected chi connectivity index (χ3v) is 2.80. The Kier molecular flexibility index (Phi) is 3.28. The maximum atomic E-state index is 5.89. The van der Waals surface area contributed by atoms with E-state index in [1.807, 2.05) is 50.2 Å². The minimum absolute atomic E-state index is 0.657. The highest BCUT2D eigenvalue weighted by Crippen LogP contribution is 2.20. The first kappa shape index (κ1) is 12.1. The lowest BCUT2D eigenvalue weighted by Gasteiger charge is -2.09. The number of nitrogens with two attached hydrogens (primary N) is 2. The predicted molar refractivity (Wildman–Crippen MR) is 75.8 cm³/mol. The van der Waals surface area contributed by atoms with Crippen LogP contribution in [0.5, 0.6) is 0 Å². The van der Waals surface area contributed by atoms with Gasteiger partial charge in [-0.25, -0.2) is 4.98 Å². The van der Waals surface area contributed by atoms with Crippen molar-refractivity contribution in [2.24, 2.45) is 16.7 Å². The third kappa shape index (κ3) is 2.18. The van der Waals surface area contributed by atoms with Crippen molar-refractivity contribution < 1.29 is 0 Å². The molecule has 0 aliphatic rings. The zero-order chi connectivity index (χ0) is 13.1. The van der Waals surface area contributed by atoms with Crippen molar-refractivity contribution in [2.75, 3.05) is 0 Å². The zero-order valence-electron chi connectivity index (χ0n) is 10.5. The molecule has 0 atom stereocenters. The highest BCUT2D eigenvalue weighted by molar-refractivity contribution is 6.23. The van der Waals surface area contributed by atoms with Crippen LogP contribution in [0.4, 0.5) is 0 Å². The van der Waals surface area contributed by atoms with Crippen molar-refractivity contribution in [3.63, 3.8) is 0 Å². The molecule has 4 nitrogen and oxygen atoms in total. The van der Waals surface area contributed by atoms with Gasteiger partial charge < -0.3 is 11.6 Å². The molecule has 0 aliphatic carbocycles. The van der Waals surface area contributed by atoms with Crippen molar-refractivity contribution in [2.45, 2.75) is 13.8 Å². The Hall–Kier alpha value is -2.36. The maximum absolute atomic E-state index is 5.89. The van der Waals surface area contributed by atoms with Gasteiger partial charge in [-0.3, -0.25) is 0 Å². The molecule has 1 aromatic carbocycles. The van der Waals surface area contributed by atoms with Crippen molar-refractivity contribution in [1.29, 1.82) is 0 Å². The number of hydrazone groups is 1. The first-order valence-electron chi connectivity index (χ1n) is 5.71. The molecule has 0 saturated carbocycles. The number of benzene rings is 1. The molecule has 0 bridgehead atoms. The van der Waals surface area contributed by atoms with E-state index in [-0.39, 0.29) is 0 Å². The summed E-state index contributed by atoms with van der Waals surface area (Å²) >= 11 is 0. The number of nitrogens with zero attached hydrogens (tertiary/aromatic N) is 2. The number of allylic oxidation sites excluding steroid dienone is 2. The van der Waals surface area contributed by atoms with E-state index >= 15 is 0 Å². The number of pyridine rings is 1. The highest BCUT2D eigenvalue weighted by atomic mass is 15.1. The molecule has 4 heteroatoms. The molecule has 0 aliphatic heterocycles. The fourth-order valence-electron chi connectivity index (χ4n) is 1.94. The molecule has 0 unspecified atom stereocenters. The SMILES string of the molecule is CC(=NN)C(=C(C)N)c1ccc2ccccc2n1. The van der Waals surface area contributed by atoms with Crippen LogP contribution in [0, 0.1) is 0 Å². The Balaban J connectivity index is 2.63. The molecule has 4 N–H and O–H groups in total. The minimum Gasteiger partial charge on any atom is -0.402 e. The van der Waals surface area contributed by atoms with Gasteiger partial charge in [-0.2, -0.15) is 5.10 Å². The summed E-state index contributed by atoms with van der Waals surface area (Å²) < 4.78 is 0. The van der Waals surface area contributed by atoms with E-state index in [9.17, 15) is 0 Å². The van der Waals surface area contributed by atoms with E-state index in [1.54, 1.807) is 0 Å². The van der Waals surface area contributed by atoms with Crippen LogP contribution < -0.4 is 11.6 Å². The lowest BCUT2D eigenvalue weighted by atomic mass is 10.0. The summed E-state index contributed by atoms with van der Waals surface area (Å²) in [6.45, 7) is 3.64. The van der Waals surface area contributed by atoms with E-state index in [1.165, 1.54) is 0 Å². The van der Waals surface area contributed by atoms with E-state index in [4.69, 9.17) is 11.6 Å². The Morgan fingerprint density at radius 3 is 2.50 bits per heavy atom. The van der Waals surface area contributed by atoms with Crippen molar-refractivity contribution >= 4 is 22.2 Å². The normalized spacial score (nSPS) is 13.6. The van der Waals surface area contributed by atoms with Gasteiger partial charge >= 0.3 is 0 Å². The molecule has 2 aromatic rings. The van der Waals surface area contributed by atoms with Gasteiger partial charge in [-0.05, 0) is 26.0 Å². The van der Waals surface area contributed by atoms with Gasteiger partial charge in [0.05, 0.1) is 16.9 Å². The van der Waals surface area contributed by atoms with Crippen LogP contribution in [-0.4, -0.2) is 10.7 Å². The quantitative estimate of drug-likeness (QED) is 0.480. The highest BCUT2D eigenvalue weighted by Gasteiger charge is 2.10. The number of hydrogen-bond acceptors (Lipinski definition) is 4. The zero-order valence-corrected chi connectivity index (χ0v) is 10.5. The van der Waals surface area contributed by atoms with Crippen LogP contribution in [0.2, 0.25) is 0 Å². The van der Waals surface area contributed by atoms with Crippen LogP contribution in [-0.2, 0) is 0 Å². The first-order valence-corrected chi connectivity index (χ1v) is 5.71. The van der Waals surface area contributed by atoms with Gasteiger partial charge in [0.15, 0.2) is 0 Å². The monoisotopic (exact) mass is 240 g/mol. The Morgan fingerprint density at radius 2 is 1.83 bits per heavy atom. The molecule has 2 rings (SSSR count). The Labute approximate surface area is 106 Å². The standard InChI is InChI=1S/C14H16N4/c1-9(15)14(10(2)18-16)13-8-7-11-5-3-4-6-12(11)17-13/h3-8H,15-16H2,1-2H3. The van der Waals surface area contributed by atoms with E-state index in [2.05, 4.69) is 10.1 Å². The molecular weight excluding hydrogens is 224 g/mol. The molecule has 0 saturated heterocycles. The lowest BCUT2D eigenvalue weighted by Crippen LogP contribution is -2.08. The fourth-order valence-corrected chi connectivity index (χ4v) is 1.94. The van der Waals surface area contributed by atoms with Crippen LogP contribution in [0.25, 0.3) is 16.5 Å². The number of aromatic nitrogens is 1. The molecule has 0 amide bonds. The molecule has 92 valence electrons. The molecule has 18 heavy (non-hydrogen) atoms. The summed E-state index contributed by atoms with van der Waals surface area (Å²) in [4.78, 5) is 4.59. The minimum atomic E-state index is 0.657. The van der Waals surface area contributed by atoms with Crippen molar-refractivity contribution in [3.05, 3.63) is 47.8 Å². The van der Waals surface area contributed by atoms with Gasteiger partial charge in [-0.1, -0.05) is 24.3 Å². The van der Waals surface area contributed by atoms with Gasteiger partial charge in [0.2, 0.25) is 0 Å².